The Labute approximate surface area is 169 Å². The Kier molecular flexibility index (Phi) is 4.17. The lowest BCUT2D eigenvalue weighted by Crippen LogP contribution is -2.00. The molecule has 0 unspecified atom stereocenters. The minimum atomic E-state index is 0.619. The molecular weight excluding hydrogens is 386 g/mol. The molecule has 0 fully saturated rings. The number of pyridine rings is 1. The van der Waals surface area contributed by atoms with Gasteiger partial charge in [-0.15, -0.1) is 0 Å². The summed E-state index contributed by atoms with van der Waals surface area (Å²) in [6.07, 6.45) is 9.71. The summed E-state index contributed by atoms with van der Waals surface area (Å²) in [6, 6.07) is 5.63. The first-order valence-electron chi connectivity index (χ1n) is 8.92. The third-order valence-electron chi connectivity index (χ3n) is 4.41. The maximum atomic E-state index is 5.83. The Morgan fingerprint density at radius 3 is 2.97 bits per heavy atom. The van der Waals surface area contributed by atoms with Gasteiger partial charge in [-0.1, -0.05) is 0 Å². The molecular formula is C19H17N9S. The van der Waals surface area contributed by atoms with E-state index in [9.17, 15) is 0 Å². The Bertz CT molecular complexity index is 1290. The average Bonchev–Trinajstić information content (AvgIpc) is 3.42. The molecule has 0 aliphatic rings. The second-order valence-corrected chi connectivity index (χ2v) is 7.42. The van der Waals surface area contributed by atoms with Gasteiger partial charge in [0.2, 0.25) is 0 Å². The van der Waals surface area contributed by atoms with Crippen molar-refractivity contribution in [2.24, 2.45) is 0 Å². The summed E-state index contributed by atoms with van der Waals surface area (Å²) < 4.78 is 6.52. The van der Waals surface area contributed by atoms with Gasteiger partial charge in [0, 0.05) is 42.0 Å². The summed E-state index contributed by atoms with van der Waals surface area (Å²) in [6.45, 7) is 1.95. The van der Waals surface area contributed by atoms with Crippen LogP contribution in [0.25, 0.3) is 16.9 Å². The van der Waals surface area contributed by atoms with Gasteiger partial charge < -0.3 is 11.1 Å². The van der Waals surface area contributed by atoms with Crippen molar-refractivity contribution < 1.29 is 0 Å². The molecule has 4 N–H and O–H groups in total. The smallest absolute Gasteiger partial charge is 0.180 e. The van der Waals surface area contributed by atoms with Gasteiger partial charge >= 0.3 is 0 Å². The fraction of sp³-hybridized carbons (Fsp3) is 0.105. The number of aromatic nitrogens is 7. The van der Waals surface area contributed by atoms with Gasteiger partial charge in [-0.05, 0) is 36.7 Å². The number of rotatable bonds is 5. The summed E-state index contributed by atoms with van der Waals surface area (Å²) >= 11 is 1.37. The van der Waals surface area contributed by atoms with Gasteiger partial charge in [-0.3, -0.25) is 14.5 Å². The Morgan fingerprint density at radius 1 is 1.21 bits per heavy atom. The highest BCUT2D eigenvalue weighted by molar-refractivity contribution is 7.10. The highest BCUT2D eigenvalue weighted by Crippen LogP contribution is 2.27. The van der Waals surface area contributed by atoms with E-state index < -0.39 is 0 Å². The fourth-order valence-corrected chi connectivity index (χ4v) is 3.81. The van der Waals surface area contributed by atoms with E-state index in [0.717, 1.165) is 39.0 Å². The van der Waals surface area contributed by atoms with Crippen LogP contribution in [0, 0.1) is 6.92 Å². The van der Waals surface area contributed by atoms with Gasteiger partial charge in [-0.25, -0.2) is 9.97 Å². The summed E-state index contributed by atoms with van der Waals surface area (Å²) in [5.74, 6) is 0.678. The molecule has 0 aliphatic carbocycles. The summed E-state index contributed by atoms with van der Waals surface area (Å²) in [4.78, 5) is 13.5. The number of imidazole rings is 1. The number of H-pyrrole nitrogens is 1. The molecule has 0 spiro atoms. The zero-order valence-electron chi connectivity index (χ0n) is 15.5. The van der Waals surface area contributed by atoms with E-state index in [2.05, 4.69) is 34.8 Å². The molecule has 5 rings (SSSR count). The van der Waals surface area contributed by atoms with Crippen LogP contribution in [0.2, 0.25) is 0 Å². The largest absolute Gasteiger partial charge is 0.399 e. The van der Waals surface area contributed by atoms with Crippen LogP contribution >= 0.6 is 11.5 Å². The molecule has 0 atom stereocenters. The number of aryl methyl sites for hydroxylation is 1. The predicted octanol–water partition coefficient (Wildman–Crippen LogP) is 3.20. The van der Waals surface area contributed by atoms with Crippen LogP contribution in [0.1, 0.15) is 17.1 Å². The van der Waals surface area contributed by atoms with Gasteiger partial charge in [-0.2, -0.15) is 9.47 Å². The number of nitrogens with two attached hydrogens (primary N) is 1. The van der Waals surface area contributed by atoms with Crippen LogP contribution in [-0.4, -0.2) is 33.9 Å². The van der Waals surface area contributed by atoms with Crippen molar-refractivity contribution in [3.8, 4) is 11.3 Å². The Hall–Kier alpha value is -3.79. The molecule has 0 saturated heterocycles. The molecule has 5 aromatic heterocycles. The van der Waals surface area contributed by atoms with Crippen molar-refractivity contribution in [1.29, 1.82) is 0 Å². The first-order chi connectivity index (χ1) is 14.2. The van der Waals surface area contributed by atoms with E-state index in [0.29, 0.717) is 17.9 Å². The maximum absolute atomic E-state index is 5.83. The van der Waals surface area contributed by atoms with Crippen LogP contribution in [-0.2, 0) is 6.42 Å². The van der Waals surface area contributed by atoms with Gasteiger partial charge in [0.15, 0.2) is 11.5 Å². The number of aromatic amines is 1. The van der Waals surface area contributed by atoms with Crippen LogP contribution in [0.3, 0.4) is 0 Å². The third kappa shape index (κ3) is 3.41. The molecule has 5 aromatic rings. The molecule has 5 heterocycles. The summed E-state index contributed by atoms with van der Waals surface area (Å²) in [5, 5.41) is 11.1. The van der Waals surface area contributed by atoms with Crippen molar-refractivity contribution >= 4 is 33.7 Å². The number of nitrogens with one attached hydrogen (secondary N) is 2. The maximum Gasteiger partial charge on any atom is 0.180 e. The third-order valence-corrected chi connectivity index (χ3v) is 5.15. The standard InChI is InChI=1S/C19H17N9S/c1-11-10-28-16(12-7-23-24-8-12)9-22-19(28)18(25-11)26-17-6-15(27-29-17)5-14-4-13(20)2-3-21-14/h2-4,6-10H,5H2,1H3,(H2,20,21)(H,23,24)(H,25,26). The van der Waals surface area contributed by atoms with E-state index in [4.69, 9.17) is 5.73 Å². The molecule has 0 saturated carbocycles. The molecule has 0 radical (unpaired) electrons. The van der Waals surface area contributed by atoms with E-state index in [1.807, 2.05) is 42.0 Å². The minimum absolute atomic E-state index is 0.619. The van der Waals surface area contributed by atoms with E-state index >= 15 is 0 Å². The SMILES string of the molecule is Cc1cn2c(-c3cn[nH]c3)cnc2c(Nc2cc(Cc3cc(N)ccn3)ns2)n1. The van der Waals surface area contributed by atoms with E-state index in [1.165, 1.54) is 11.5 Å². The first-order valence-corrected chi connectivity index (χ1v) is 9.70. The van der Waals surface area contributed by atoms with E-state index in [1.54, 1.807) is 18.5 Å². The number of anilines is 3. The van der Waals surface area contributed by atoms with Crippen LogP contribution < -0.4 is 11.1 Å². The molecule has 144 valence electrons. The second-order valence-electron chi connectivity index (χ2n) is 6.62. The van der Waals surface area contributed by atoms with Gasteiger partial charge in [0.1, 0.15) is 5.00 Å². The van der Waals surface area contributed by atoms with Crippen LogP contribution in [0.4, 0.5) is 16.5 Å². The molecule has 0 bridgehead atoms. The Morgan fingerprint density at radius 2 is 2.14 bits per heavy atom. The van der Waals surface area contributed by atoms with Gasteiger partial charge in [0.25, 0.3) is 0 Å². The Balaban J connectivity index is 1.44. The molecule has 10 heteroatoms. The van der Waals surface area contributed by atoms with Crippen molar-refractivity contribution in [2.45, 2.75) is 13.3 Å². The molecule has 0 amide bonds. The first kappa shape index (κ1) is 17.3. The predicted molar refractivity (Wildman–Crippen MR) is 112 cm³/mol. The average molecular weight is 403 g/mol. The van der Waals surface area contributed by atoms with E-state index in [-0.39, 0.29) is 0 Å². The van der Waals surface area contributed by atoms with Crippen molar-refractivity contribution in [1.82, 2.24) is 33.9 Å². The highest BCUT2D eigenvalue weighted by atomic mass is 32.1. The quantitative estimate of drug-likeness (QED) is 0.412. The monoisotopic (exact) mass is 403 g/mol. The lowest BCUT2D eigenvalue weighted by molar-refractivity contribution is 1.05. The molecule has 29 heavy (non-hydrogen) atoms. The fourth-order valence-electron chi connectivity index (χ4n) is 3.15. The normalized spacial score (nSPS) is 11.2. The molecule has 0 aromatic carbocycles. The zero-order valence-corrected chi connectivity index (χ0v) is 16.3. The number of nitrogens with zero attached hydrogens (tertiary/aromatic N) is 6. The van der Waals surface area contributed by atoms with Crippen molar-refractivity contribution in [2.75, 3.05) is 11.1 Å². The lowest BCUT2D eigenvalue weighted by Gasteiger charge is -2.07. The topological polar surface area (TPSA) is 123 Å². The van der Waals surface area contributed by atoms with Crippen LogP contribution in [0.5, 0.6) is 0 Å². The van der Waals surface area contributed by atoms with Crippen molar-refractivity contribution in [3.05, 3.63) is 66.3 Å². The van der Waals surface area contributed by atoms with Gasteiger partial charge in [0.05, 0.1) is 29.5 Å². The number of fused-ring (bicyclic) bond motifs is 1. The zero-order chi connectivity index (χ0) is 19.8. The number of hydrogen-bond acceptors (Lipinski definition) is 8. The number of nitrogen functional groups attached to an aromatic ring is 1. The lowest BCUT2D eigenvalue weighted by atomic mass is 10.2. The molecule has 9 nitrogen and oxygen atoms in total. The molecule has 0 aliphatic heterocycles. The van der Waals surface area contributed by atoms with Crippen LogP contribution in [0.15, 0.2) is 49.2 Å². The highest BCUT2D eigenvalue weighted by Gasteiger charge is 2.14. The summed E-state index contributed by atoms with van der Waals surface area (Å²) in [7, 11) is 0. The number of hydrogen-bond donors (Lipinski definition) is 3. The summed E-state index contributed by atoms with van der Waals surface area (Å²) in [5.41, 5.74) is 11.8. The minimum Gasteiger partial charge on any atom is -0.399 e. The van der Waals surface area contributed by atoms with Crippen molar-refractivity contribution in [3.63, 3.8) is 0 Å². The second kappa shape index (κ2) is 6.99.